The SMILES string of the molecule is COc1ccccc1-c1c[nH]c2ncc(-c3cc(F)c(N[C@H]4CC[C@H](O)CC4)c(C(=O)N(C)[C@H]4CCN(C)C4)c3)cc12. The summed E-state index contributed by atoms with van der Waals surface area (Å²) < 4.78 is 21.6. The van der Waals surface area contributed by atoms with Crippen LogP contribution in [0.4, 0.5) is 10.1 Å². The molecule has 1 aliphatic carbocycles. The lowest BCUT2D eigenvalue weighted by Gasteiger charge is -2.30. The number of pyridine rings is 1. The quantitative estimate of drug-likeness (QED) is 0.270. The number of aromatic nitrogens is 2. The minimum atomic E-state index is -0.474. The molecule has 220 valence electrons. The van der Waals surface area contributed by atoms with Gasteiger partial charge in [0.15, 0.2) is 0 Å². The molecule has 1 saturated heterocycles. The molecule has 2 aromatic carbocycles. The van der Waals surface area contributed by atoms with Crippen LogP contribution >= 0.6 is 0 Å². The number of carbonyl (C=O) groups excluding carboxylic acids is 1. The Morgan fingerprint density at radius 1 is 1.12 bits per heavy atom. The van der Waals surface area contributed by atoms with E-state index in [9.17, 15) is 9.90 Å². The van der Waals surface area contributed by atoms with E-state index in [1.54, 1.807) is 24.3 Å². The molecular weight excluding hydrogens is 533 g/mol. The average Bonchev–Trinajstić information content (AvgIpc) is 3.64. The number of nitrogens with zero attached hydrogens (tertiary/aromatic N) is 3. The van der Waals surface area contributed by atoms with E-state index in [4.69, 9.17) is 4.74 Å². The molecule has 6 rings (SSSR count). The van der Waals surface area contributed by atoms with Crippen molar-refractivity contribution in [1.82, 2.24) is 19.8 Å². The third-order valence-corrected chi connectivity index (χ3v) is 8.86. The molecule has 0 unspecified atom stereocenters. The highest BCUT2D eigenvalue weighted by Crippen LogP contribution is 2.37. The van der Waals surface area contributed by atoms with Gasteiger partial charge in [0.05, 0.1) is 24.5 Å². The molecule has 0 spiro atoms. The number of hydrogen-bond acceptors (Lipinski definition) is 6. The molecule has 1 aliphatic heterocycles. The molecule has 0 bridgehead atoms. The molecular formula is C33H38FN5O3. The minimum Gasteiger partial charge on any atom is -0.496 e. The van der Waals surface area contributed by atoms with Gasteiger partial charge in [-0.15, -0.1) is 0 Å². The third-order valence-electron chi connectivity index (χ3n) is 8.86. The first-order chi connectivity index (χ1) is 20.3. The molecule has 3 heterocycles. The van der Waals surface area contributed by atoms with Crippen molar-refractivity contribution < 1.29 is 19.0 Å². The van der Waals surface area contributed by atoms with Crippen LogP contribution in [0, 0.1) is 5.82 Å². The number of hydrogen-bond donors (Lipinski definition) is 3. The van der Waals surface area contributed by atoms with Crippen LogP contribution in [-0.2, 0) is 0 Å². The van der Waals surface area contributed by atoms with Gasteiger partial charge in [0.25, 0.3) is 5.91 Å². The van der Waals surface area contributed by atoms with Gasteiger partial charge >= 0.3 is 0 Å². The van der Waals surface area contributed by atoms with Crippen LogP contribution in [-0.4, -0.2) is 83.3 Å². The number of rotatable bonds is 7. The van der Waals surface area contributed by atoms with Crippen LogP contribution in [0.3, 0.4) is 0 Å². The highest BCUT2D eigenvalue weighted by molar-refractivity contribution is 6.02. The molecule has 1 saturated carbocycles. The van der Waals surface area contributed by atoms with Crippen molar-refractivity contribution in [3.63, 3.8) is 0 Å². The van der Waals surface area contributed by atoms with Crippen LogP contribution in [0.25, 0.3) is 33.3 Å². The Hall–Kier alpha value is -3.95. The van der Waals surface area contributed by atoms with E-state index >= 15 is 4.39 Å². The molecule has 0 radical (unpaired) electrons. The first-order valence-electron chi connectivity index (χ1n) is 14.7. The summed E-state index contributed by atoms with van der Waals surface area (Å²) in [5.74, 6) is 0.0619. The summed E-state index contributed by atoms with van der Waals surface area (Å²) in [4.78, 5) is 25.8. The van der Waals surface area contributed by atoms with Gasteiger partial charge in [-0.05, 0) is 75.5 Å². The summed E-state index contributed by atoms with van der Waals surface area (Å²) in [5.41, 5.74) is 4.39. The molecule has 8 nitrogen and oxygen atoms in total. The number of ether oxygens (including phenoxy) is 1. The van der Waals surface area contributed by atoms with Gasteiger partial charge in [-0.2, -0.15) is 0 Å². The first kappa shape index (κ1) is 28.2. The standard InChI is InChI=1S/C33H38FN5O3/c1-38-13-12-23(19-38)39(2)33(41)27-14-20(16-29(34)31(27)37-22-8-10-24(40)11-9-22)21-15-26-28(18-36-32(26)35-17-21)25-6-4-5-7-30(25)42-3/h4-7,14-18,22-24,37,40H,8-13,19H2,1-3H3,(H,35,36)/t22-,23-,24-/m0/s1. The van der Waals surface area contributed by atoms with E-state index in [-0.39, 0.29) is 29.8 Å². The topological polar surface area (TPSA) is 93.7 Å². The maximum Gasteiger partial charge on any atom is 0.256 e. The zero-order valence-electron chi connectivity index (χ0n) is 24.4. The van der Waals surface area contributed by atoms with E-state index in [0.29, 0.717) is 35.2 Å². The van der Waals surface area contributed by atoms with Crippen molar-refractivity contribution in [3.05, 3.63) is 66.2 Å². The number of fused-ring (bicyclic) bond motifs is 1. The Labute approximate surface area is 245 Å². The lowest BCUT2D eigenvalue weighted by Crippen LogP contribution is -2.39. The number of aromatic amines is 1. The molecule has 2 aliphatic rings. The number of likely N-dealkylation sites (N-methyl/N-ethyl adjacent to an activating group) is 2. The minimum absolute atomic E-state index is 0.00972. The number of anilines is 1. The average molecular weight is 572 g/mol. The first-order valence-corrected chi connectivity index (χ1v) is 14.7. The Morgan fingerprint density at radius 3 is 2.64 bits per heavy atom. The summed E-state index contributed by atoms with van der Waals surface area (Å²) in [6.45, 7) is 1.70. The zero-order valence-corrected chi connectivity index (χ0v) is 24.4. The Balaban J connectivity index is 1.41. The Bertz CT molecular complexity index is 1600. The lowest BCUT2D eigenvalue weighted by atomic mass is 9.92. The summed E-state index contributed by atoms with van der Waals surface area (Å²) in [5, 5.41) is 14.2. The van der Waals surface area contributed by atoms with Gasteiger partial charge in [-0.25, -0.2) is 9.37 Å². The number of para-hydroxylation sites is 1. The predicted molar refractivity (Wildman–Crippen MR) is 163 cm³/mol. The van der Waals surface area contributed by atoms with Crippen molar-refractivity contribution in [2.75, 3.05) is 39.6 Å². The number of halogens is 1. The van der Waals surface area contributed by atoms with E-state index in [2.05, 4.69) is 20.2 Å². The van der Waals surface area contributed by atoms with Gasteiger partial charge in [0.1, 0.15) is 17.2 Å². The molecule has 2 fully saturated rings. The van der Waals surface area contributed by atoms with Crippen LogP contribution in [0.5, 0.6) is 5.75 Å². The van der Waals surface area contributed by atoms with Crippen molar-refractivity contribution >= 4 is 22.6 Å². The van der Waals surface area contributed by atoms with E-state index in [0.717, 1.165) is 54.6 Å². The second-order valence-corrected chi connectivity index (χ2v) is 11.7. The van der Waals surface area contributed by atoms with Crippen LogP contribution < -0.4 is 10.1 Å². The van der Waals surface area contributed by atoms with Crippen molar-refractivity contribution in [3.8, 4) is 28.0 Å². The Kier molecular flexibility index (Phi) is 7.88. The van der Waals surface area contributed by atoms with Crippen molar-refractivity contribution in [2.24, 2.45) is 0 Å². The van der Waals surface area contributed by atoms with E-state index in [1.165, 1.54) is 6.07 Å². The molecule has 4 aromatic rings. The maximum atomic E-state index is 16.1. The second-order valence-electron chi connectivity index (χ2n) is 11.7. The normalized spacial score (nSPS) is 21.0. The van der Waals surface area contributed by atoms with Crippen molar-refractivity contribution in [2.45, 2.75) is 50.3 Å². The smallest absolute Gasteiger partial charge is 0.256 e. The predicted octanol–water partition coefficient (Wildman–Crippen LogP) is 5.54. The van der Waals surface area contributed by atoms with Crippen LogP contribution in [0.1, 0.15) is 42.5 Å². The molecule has 1 atom stereocenters. The number of H-pyrrole nitrogens is 1. The van der Waals surface area contributed by atoms with Gasteiger partial charge in [-0.1, -0.05) is 18.2 Å². The van der Waals surface area contributed by atoms with Gasteiger partial charge in [-0.3, -0.25) is 4.79 Å². The fourth-order valence-electron chi connectivity index (χ4n) is 6.35. The maximum absolute atomic E-state index is 16.1. The molecule has 1 amide bonds. The number of methoxy groups -OCH3 is 1. The highest BCUT2D eigenvalue weighted by atomic mass is 19.1. The number of amides is 1. The van der Waals surface area contributed by atoms with Gasteiger partial charge in [0.2, 0.25) is 0 Å². The fraction of sp³-hybridized carbons (Fsp3) is 0.394. The Morgan fingerprint density at radius 2 is 1.90 bits per heavy atom. The summed E-state index contributed by atoms with van der Waals surface area (Å²) in [7, 11) is 5.50. The molecule has 42 heavy (non-hydrogen) atoms. The fourth-order valence-corrected chi connectivity index (χ4v) is 6.35. The number of nitrogens with one attached hydrogen (secondary N) is 2. The number of aliphatic hydroxyl groups is 1. The molecule has 9 heteroatoms. The number of carbonyl (C=O) groups is 1. The third kappa shape index (κ3) is 5.46. The molecule has 2 aromatic heterocycles. The van der Waals surface area contributed by atoms with E-state index < -0.39 is 5.82 Å². The van der Waals surface area contributed by atoms with E-state index in [1.807, 2.05) is 50.6 Å². The number of likely N-dealkylation sites (tertiary alicyclic amines) is 1. The summed E-state index contributed by atoms with van der Waals surface area (Å²) >= 11 is 0. The lowest BCUT2D eigenvalue weighted by molar-refractivity contribution is 0.0737. The van der Waals surface area contributed by atoms with Crippen LogP contribution in [0.15, 0.2) is 54.9 Å². The summed E-state index contributed by atoms with van der Waals surface area (Å²) in [6, 6.07) is 13.1. The number of benzene rings is 2. The van der Waals surface area contributed by atoms with Crippen molar-refractivity contribution in [1.29, 1.82) is 0 Å². The van der Waals surface area contributed by atoms with Gasteiger partial charge in [0, 0.05) is 60.1 Å². The second kappa shape index (κ2) is 11.7. The van der Waals surface area contributed by atoms with Gasteiger partial charge < -0.3 is 29.9 Å². The largest absolute Gasteiger partial charge is 0.496 e. The summed E-state index contributed by atoms with van der Waals surface area (Å²) in [6.07, 6.45) is 6.92. The van der Waals surface area contributed by atoms with Crippen LogP contribution in [0.2, 0.25) is 0 Å². The zero-order chi connectivity index (χ0) is 29.4. The highest BCUT2D eigenvalue weighted by Gasteiger charge is 2.30. The molecule has 3 N–H and O–H groups in total. The monoisotopic (exact) mass is 571 g/mol. The number of aliphatic hydroxyl groups excluding tert-OH is 1.